The predicted molar refractivity (Wildman–Crippen MR) is 78.7 cm³/mol. The molecule has 0 fully saturated rings. The second kappa shape index (κ2) is 6.17. The number of carbonyl (C=O) groups excluding carboxylic acids is 1. The number of carbonyl (C=O) groups is 1. The Morgan fingerprint density at radius 1 is 1.14 bits per heavy atom. The number of aldehydes is 1. The zero-order valence-corrected chi connectivity index (χ0v) is 11.8. The summed E-state index contributed by atoms with van der Waals surface area (Å²) in [5, 5.41) is 10.6. The maximum absolute atomic E-state index is 10.8. The fourth-order valence-electron chi connectivity index (χ4n) is 2.15. The Labute approximate surface area is 122 Å². The van der Waals surface area contributed by atoms with Crippen LogP contribution in [0.3, 0.4) is 0 Å². The quantitative estimate of drug-likeness (QED) is 0.478. The summed E-state index contributed by atoms with van der Waals surface area (Å²) in [5.41, 5.74) is 3.30. The number of nitrogens with zero attached hydrogens (tertiary/aromatic N) is 1. The van der Waals surface area contributed by atoms with Crippen LogP contribution in [0.5, 0.6) is 5.75 Å². The van der Waals surface area contributed by atoms with E-state index in [-0.39, 0.29) is 5.69 Å². The molecule has 0 aliphatic rings. The van der Waals surface area contributed by atoms with Crippen molar-refractivity contribution < 1.29 is 14.5 Å². The van der Waals surface area contributed by atoms with Gasteiger partial charge in [-0.15, -0.1) is 0 Å². The highest BCUT2D eigenvalue weighted by molar-refractivity contribution is 5.76. The average Bonchev–Trinajstić information content (AvgIpc) is 2.46. The maximum atomic E-state index is 10.8. The third-order valence-corrected chi connectivity index (χ3v) is 3.15. The molecule has 0 radical (unpaired) electrons. The van der Waals surface area contributed by atoms with E-state index in [4.69, 9.17) is 4.74 Å². The van der Waals surface area contributed by atoms with E-state index in [1.54, 1.807) is 24.3 Å². The molecule has 0 aliphatic carbocycles. The maximum Gasteiger partial charge on any atom is 0.269 e. The van der Waals surface area contributed by atoms with Crippen LogP contribution in [0.15, 0.2) is 36.4 Å². The SMILES string of the molecule is Cc1cc(C=O)cc(C)c1OCc1ccc([N+](=O)[O-])cc1. The summed E-state index contributed by atoms with van der Waals surface area (Å²) in [6.07, 6.45) is 0.806. The molecule has 0 atom stereocenters. The lowest BCUT2D eigenvalue weighted by atomic mass is 10.1. The minimum atomic E-state index is -0.433. The molecule has 0 aliphatic heterocycles. The molecule has 0 heterocycles. The van der Waals surface area contributed by atoms with E-state index in [9.17, 15) is 14.9 Å². The van der Waals surface area contributed by atoms with Crippen LogP contribution in [-0.2, 0) is 6.61 Å². The number of non-ortho nitro benzene ring substituents is 1. The van der Waals surface area contributed by atoms with Crippen LogP contribution in [0, 0.1) is 24.0 Å². The number of ether oxygens (including phenoxy) is 1. The van der Waals surface area contributed by atoms with Crippen molar-refractivity contribution in [2.75, 3.05) is 0 Å². The highest BCUT2D eigenvalue weighted by Crippen LogP contribution is 2.25. The molecule has 108 valence electrons. The van der Waals surface area contributed by atoms with Crippen molar-refractivity contribution in [3.05, 3.63) is 68.8 Å². The summed E-state index contributed by atoms with van der Waals surface area (Å²) < 4.78 is 5.77. The number of nitro groups is 1. The van der Waals surface area contributed by atoms with Crippen molar-refractivity contribution >= 4 is 12.0 Å². The second-order valence-electron chi connectivity index (χ2n) is 4.81. The smallest absolute Gasteiger partial charge is 0.269 e. The van der Waals surface area contributed by atoms with Gasteiger partial charge in [-0.25, -0.2) is 0 Å². The molecule has 0 saturated carbocycles. The molecular weight excluding hydrogens is 270 g/mol. The third kappa shape index (κ3) is 3.45. The third-order valence-electron chi connectivity index (χ3n) is 3.15. The lowest BCUT2D eigenvalue weighted by molar-refractivity contribution is -0.384. The van der Waals surface area contributed by atoms with Gasteiger partial charge in [0.1, 0.15) is 18.6 Å². The van der Waals surface area contributed by atoms with Crippen molar-refractivity contribution in [2.45, 2.75) is 20.5 Å². The lowest BCUT2D eigenvalue weighted by Crippen LogP contribution is -2.00. The number of aryl methyl sites for hydroxylation is 2. The Bertz CT molecular complexity index is 654. The molecule has 2 rings (SSSR count). The van der Waals surface area contributed by atoms with Crippen LogP contribution < -0.4 is 4.74 Å². The topological polar surface area (TPSA) is 69.4 Å². The standard InChI is InChI=1S/C16H15NO4/c1-11-7-14(9-18)8-12(2)16(11)21-10-13-3-5-15(6-4-13)17(19)20/h3-9H,10H2,1-2H3. The number of nitro benzene ring substituents is 1. The Balaban J connectivity index is 2.13. The van der Waals surface area contributed by atoms with Crippen molar-refractivity contribution in [2.24, 2.45) is 0 Å². The van der Waals surface area contributed by atoms with Gasteiger partial charge in [-0.05, 0) is 54.8 Å². The second-order valence-corrected chi connectivity index (χ2v) is 4.81. The largest absolute Gasteiger partial charge is 0.488 e. The number of hydrogen-bond donors (Lipinski definition) is 0. The van der Waals surface area contributed by atoms with Gasteiger partial charge in [0.15, 0.2) is 0 Å². The van der Waals surface area contributed by atoms with Gasteiger partial charge in [0.05, 0.1) is 4.92 Å². The van der Waals surface area contributed by atoms with Crippen LogP contribution in [0.2, 0.25) is 0 Å². The predicted octanol–water partition coefficient (Wildman–Crippen LogP) is 3.60. The number of rotatable bonds is 5. The first kappa shape index (κ1) is 14.7. The minimum Gasteiger partial charge on any atom is -0.488 e. The minimum absolute atomic E-state index is 0.0569. The molecule has 0 bridgehead atoms. The molecule has 5 nitrogen and oxygen atoms in total. The van der Waals surface area contributed by atoms with Crippen molar-refractivity contribution in [1.82, 2.24) is 0 Å². The first-order chi connectivity index (χ1) is 10.0. The Morgan fingerprint density at radius 3 is 2.19 bits per heavy atom. The first-order valence-electron chi connectivity index (χ1n) is 6.44. The van der Waals surface area contributed by atoms with Crippen molar-refractivity contribution in [1.29, 1.82) is 0 Å². The Hall–Kier alpha value is -2.69. The van der Waals surface area contributed by atoms with Gasteiger partial charge in [0.2, 0.25) is 0 Å². The van der Waals surface area contributed by atoms with E-state index in [0.717, 1.165) is 28.7 Å². The van der Waals surface area contributed by atoms with Crippen molar-refractivity contribution in [3.8, 4) is 5.75 Å². The summed E-state index contributed by atoms with van der Waals surface area (Å²) in [4.78, 5) is 20.9. The van der Waals surface area contributed by atoms with E-state index in [1.807, 2.05) is 13.8 Å². The van der Waals surface area contributed by atoms with Gasteiger partial charge in [0.25, 0.3) is 5.69 Å². The van der Waals surface area contributed by atoms with E-state index >= 15 is 0 Å². The molecule has 0 unspecified atom stereocenters. The van der Waals surface area contributed by atoms with Crippen LogP contribution >= 0.6 is 0 Å². The molecule has 0 amide bonds. The van der Waals surface area contributed by atoms with E-state index in [2.05, 4.69) is 0 Å². The zero-order valence-electron chi connectivity index (χ0n) is 11.8. The molecule has 5 heteroatoms. The van der Waals surface area contributed by atoms with Gasteiger partial charge < -0.3 is 4.74 Å². The monoisotopic (exact) mass is 285 g/mol. The van der Waals surface area contributed by atoms with Gasteiger partial charge in [0, 0.05) is 17.7 Å². The Kier molecular flexibility index (Phi) is 4.33. The number of hydrogen-bond acceptors (Lipinski definition) is 4. The summed E-state index contributed by atoms with van der Waals surface area (Å²) in [7, 11) is 0. The fourth-order valence-corrected chi connectivity index (χ4v) is 2.15. The molecule has 0 saturated heterocycles. The van der Waals surface area contributed by atoms with Gasteiger partial charge in [-0.3, -0.25) is 14.9 Å². The fraction of sp³-hybridized carbons (Fsp3) is 0.188. The summed E-state index contributed by atoms with van der Waals surface area (Å²) in [6.45, 7) is 4.08. The molecular formula is C16H15NO4. The molecule has 21 heavy (non-hydrogen) atoms. The zero-order chi connectivity index (χ0) is 15.4. The summed E-state index contributed by atoms with van der Waals surface area (Å²) in [5.74, 6) is 0.735. The van der Waals surface area contributed by atoms with Crippen LogP contribution in [0.1, 0.15) is 27.0 Å². The van der Waals surface area contributed by atoms with Crippen molar-refractivity contribution in [3.63, 3.8) is 0 Å². The average molecular weight is 285 g/mol. The highest BCUT2D eigenvalue weighted by atomic mass is 16.6. The molecule has 2 aromatic carbocycles. The van der Waals surface area contributed by atoms with Crippen LogP contribution in [0.25, 0.3) is 0 Å². The Morgan fingerprint density at radius 2 is 1.71 bits per heavy atom. The van der Waals surface area contributed by atoms with E-state index < -0.39 is 4.92 Å². The normalized spacial score (nSPS) is 10.2. The van der Waals surface area contributed by atoms with Gasteiger partial charge in [-0.1, -0.05) is 0 Å². The first-order valence-corrected chi connectivity index (χ1v) is 6.44. The van der Waals surface area contributed by atoms with E-state index in [1.165, 1.54) is 12.1 Å². The summed E-state index contributed by atoms with van der Waals surface area (Å²) >= 11 is 0. The molecule has 0 spiro atoms. The van der Waals surface area contributed by atoms with Gasteiger partial charge in [-0.2, -0.15) is 0 Å². The molecule has 0 aromatic heterocycles. The summed E-state index contributed by atoms with van der Waals surface area (Å²) in [6, 6.07) is 9.78. The van der Waals surface area contributed by atoms with E-state index in [0.29, 0.717) is 12.2 Å². The lowest BCUT2D eigenvalue weighted by Gasteiger charge is -2.12. The van der Waals surface area contributed by atoms with Crippen LogP contribution in [0.4, 0.5) is 5.69 Å². The van der Waals surface area contributed by atoms with Gasteiger partial charge >= 0.3 is 0 Å². The molecule has 2 aromatic rings. The van der Waals surface area contributed by atoms with Crippen LogP contribution in [-0.4, -0.2) is 11.2 Å². The molecule has 0 N–H and O–H groups in total. The highest BCUT2D eigenvalue weighted by Gasteiger charge is 2.08. The number of benzene rings is 2.